The largest absolute Gasteiger partial charge is 0.493 e. The first-order valence-electron chi connectivity index (χ1n) is 8.05. The van der Waals surface area contributed by atoms with Crippen molar-refractivity contribution in [2.45, 2.75) is 4.90 Å². The fraction of sp³-hybridized carbons (Fsp3) is 0.176. The molecule has 0 unspecified atom stereocenters. The van der Waals surface area contributed by atoms with Crippen molar-refractivity contribution in [2.24, 2.45) is 0 Å². The Bertz CT molecular complexity index is 1100. The van der Waals surface area contributed by atoms with Crippen LogP contribution in [0.5, 0.6) is 17.2 Å². The fourth-order valence-corrected chi connectivity index (χ4v) is 4.71. The highest BCUT2D eigenvalue weighted by Crippen LogP contribution is 2.43. The first-order chi connectivity index (χ1) is 13.4. The maximum Gasteiger partial charge on any atom is 0.357 e. The van der Waals surface area contributed by atoms with Crippen LogP contribution in [0.25, 0.3) is 16.9 Å². The van der Waals surface area contributed by atoms with Crippen molar-refractivity contribution in [1.29, 1.82) is 0 Å². The standard InChI is InChI=1S/C17H16N3O6PS/c1-24-13-6-11(7-14-17(13)26-9-25-14)20-12(8-18-19-20)10-3-4-16(28-2)15(5-10)27(21,22)23/h3-8H,9H2,1-2H3,(H2,21,22,23). The smallest absolute Gasteiger partial charge is 0.357 e. The van der Waals surface area contributed by atoms with Crippen molar-refractivity contribution in [2.75, 3.05) is 20.2 Å². The summed E-state index contributed by atoms with van der Waals surface area (Å²) in [5, 5.41) is 8.04. The predicted molar refractivity (Wildman–Crippen MR) is 103 cm³/mol. The van der Waals surface area contributed by atoms with Gasteiger partial charge in [0.1, 0.15) is 0 Å². The molecule has 0 spiro atoms. The van der Waals surface area contributed by atoms with Crippen molar-refractivity contribution in [3.8, 4) is 34.2 Å². The van der Waals surface area contributed by atoms with Crippen molar-refractivity contribution >= 4 is 24.7 Å². The van der Waals surface area contributed by atoms with E-state index < -0.39 is 7.60 Å². The molecule has 1 aliphatic heterocycles. The Labute approximate surface area is 164 Å². The van der Waals surface area contributed by atoms with Gasteiger partial charge in [0, 0.05) is 22.6 Å². The van der Waals surface area contributed by atoms with Crippen molar-refractivity contribution in [1.82, 2.24) is 15.0 Å². The molecule has 1 aliphatic rings. The lowest BCUT2D eigenvalue weighted by Gasteiger charge is -2.13. The molecule has 11 heteroatoms. The van der Waals surface area contributed by atoms with Crippen LogP contribution in [-0.2, 0) is 4.57 Å². The molecule has 0 atom stereocenters. The summed E-state index contributed by atoms with van der Waals surface area (Å²) in [6.45, 7) is 0.0984. The summed E-state index contributed by atoms with van der Waals surface area (Å²) in [5.74, 6) is 1.52. The fourth-order valence-electron chi connectivity index (χ4n) is 2.94. The second-order valence-electron chi connectivity index (χ2n) is 5.84. The lowest BCUT2D eigenvalue weighted by atomic mass is 10.1. The highest BCUT2D eigenvalue weighted by atomic mass is 32.2. The monoisotopic (exact) mass is 421 g/mol. The number of fused-ring (bicyclic) bond motifs is 1. The molecule has 0 aliphatic carbocycles. The zero-order valence-electron chi connectivity index (χ0n) is 14.9. The van der Waals surface area contributed by atoms with E-state index in [-0.39, 0.29) is 12.1 Å². The Balaban J connectivity index is 1.85. The molecule has 2 N–H and O–H groups in total. The molecular weight excluding hydrogens is 405 g/mol. The van der Waals surface area contributed by atoms with Crippen LogP contribution >= 0.6 is 19.4 Å². The van der Waals surface area contributed by atoms with Gasteiger partial charge in [-0.25, -0.2) is 4.68 Å². The molecule has 0 saturated heterocycles. The van der Waals surface area contributed by atoms with Crippen LogP contribution in [-0.4, -0.2) is 44.9 Å². The SMILES string of the molecule is COc1cc(-n2nncc2-c2ccc(SC)c(P(=O)(O)O)c2)cc2c1OCO2. The molecule has 0 amide bonds. The zero-order valence-corrected chi connectivity index (χ0v) is 16.6. The first kappa shape index (κ1) is 18.8. The highest BCUT2D eigenvalue weighted by molar-refractivity contribution is 7.99. The van der Waals surface area contributed by atoms with E-state index in [2.05, 4.69) is 10.3 Å². The van der Waals surface area contributed by atoms with Crippen LogP contribution in [0.2, 0.25) is 0 Å². The molecular formula is C17H16N3O6PS. The summed E-state index contributed by atoms with van der Waals surface area (Å²) in [6.07, 6.45) is 3.29. The van der Waals surface area contributed by atoms with Gasteiger partial charge in [0.05, 0.1) is 30.0 Å². The van der Waals surface area contributed by atoms with Crippen molar-refractivity contribution in [3.63, 3.8) is 0 Å². The number of hydrogen-bond acceptors (Lipinski definition) is 7. The summed E-state index contributed by atoms with van der Waals surface area (Å²) in [6, 6.07) is 8.37. The Morgan fingerprint density at radius 2 is 2.07 bits per heavy atom. The van der Waals surface area contributed by atoms with Crippen LogP contribution in [0.1, 0.15) is 0 Å². The van der Waals surface area contributed by atoms with Gasteiger partial charge in [-0.05, 0) is 18.4 Å². The van der Waals surface area contributed by atoms with Gasteiger partial charge in [0.15, 0.2) is 11.5 Å². The second kappa shape index (κ2) is 7.14. The number of nitrogens with zero attached hydrogens (tertiary/aromatic N) is 3. The van der Waals surface area contributed by atoms with E-state index in [1.807, 2.05) is 0 Å². The third-order valence-corrected chi connectivity index (χ3v) is 6.17. The van der Waals surface area contributed by atoms with Gasteiger partial charge in [-0.2, -0.15) is 0 Å². The summed E-state index contributed by atoms with van der Waals surface area (Å²) in [5.41, 5.74) is 1.74. The van der Waals surface area contributed by atoms with Gasteiger partial charge in [0.2, 0.25) is 12.5 Å². The minimum atomic E-state index is -4.44. The summed E-state index contributed by atoms with van der Waals surface area (Å²) < 4.78 is 29.7. The Hall–Kier alpha value is -2.52. The predicted octanol–water partition coefficient (Wildman–Crippen LogP) is 2.20. The zero-order chi connectivity index (χ0) is 19.9. The molecule has 0 fully saturated rings. The van der Waals surface area contributed by atoms with E-state index in [9.17, 15) is 14.4 Å². The van der Waals surface area contributed by atoms with E-state index in [4.69, 9.17) is 14.2 Å². The molecule has 146 valence electrons. The molecule has 0 saturated carbocycles. The van der Waals surface area contributed by atoms with E-state index >= 15 is 0 Å². The lowest BCUT2D eigenvalue weighted by Crippen LogP contribution is -2.08. The first-order valence-corrected chi connectivity index (χ1v) is 10.9. The van der Waals surface area contributed by atoms with Gasteiger partial charge < -0.3 is 24.0 Å². The number of thioether (sulfide) groups is 1. The van der Waals surface area contributed by atoms with Gasteiger partial charge in [-0.15, -0.1) is 16.9 Å². The molecule has 4 rings (SSSR count). The normalized spacial score (nSPS) is 13.0. The second-order valence-corrected chi connectivity index (χ2v) is 8.26. The third-order valence-electron chi connectivity index (χ3n) is 4.23. The molecule has 2 heterocycles. The van der Waals surface area contributed by atoms with Crippen molar-refractivity contribution < 1.29 is 28.6 Å². The van der Waals surface area contributed by atoms with Gasteiger partial charge in [-0.3, -0.25) is 4.57 Å². The summed E-state index contributed by atoms with van der Waals surface area (Å²) >= 11 is 1.27. The quantitative estimate of drug-likeness (QED) is 0.472. The Morgan fingerprint density at radius 1 is 1.25 bits per heavy atom. The maximum atomic E-state index is 11.9. The van der Waals surface area contributed by atoms with Crippen LogP contribution in [0.4, 0.5) is 0 Å². The van der Waals surface area contributed by atoms with E-state index in [1.165, 1.54) is 31.1 Å². The summed E-state index contributed by atoms with van der Waals surface area (Å²) in [4.78, 5) is 19.9. The Kier molecular flexibility index (Phi) is 4.80. The van der Waals surface area contributed by atoms with E-state index in [0.29, 0.717) is 39.1 Å². The lowest BCUT2D eigenvalue weighted by molar-refractivity contribution is 0.171. The third kappa shape index (κ3) is 3.24. The molecule has 0 radical (unpaired) electrons. The number of rotatable bonds is 5. The number of aromatic nitrogens is 3. The average Bonchev–Trinajstić information content (AvgIpc) is 3.35. The molecule has 28 heavy (non-hydrogen) atoms. The molecule has 9 nitrogen and oxygen atoms in total. The van der Waals surface area contributed by atoms with Crippen LogP contribution in [0.15, 0.2) is 41.4 Å². The molecule has 1 aromatic heterocycles. The minimum Gasteiger partial charge on any atom is -0.493 e. The highest BCUT2D eigenvalue weighted by Gasteiger charge is 2.25. The van der Waals surface area contributed by atoms with Gasteiger partial charge >= 0.3 is 7.60 Å². The van der Waals surface area contributed by atoms with E-state index in [0.717, 1.165) is 0 Å². The van der Waals surface area contributed by atoms with Crippen molar-refractivity contribution in [3.05, 3.63) is 36.5 Å². The molecule has 3 aromatic rings. The van der Waals surface area contributed by atoms with Crippen LogP contribution in [0, 0.1) is 0 Å². The van der Waals surface area contributed by atoms with Crippen LogP contribution < -0.4 is 19.5 Å². The average molecular weight is 421 g/mol. The van der Waals surface area contributed by atoms with Gasteiger partial charge in [0.25, 0.3) is 0 Å². The topological polar surface area (TPSA) is 116 Å². The minimum absolute atomic E-state index is 0.0338. The molecule has 0 bridgehead atoms. The number of ether oxygens (including phenoxy) is 3. The number of methoxy groups -OCH3 is 1. The molecule has 2 aromatic carbocycles. The number of benzene rings is 2. The maximum absolute atomic E-state index is 11.9. The Morgan fingerprint density at radius 3 is 2.79 bits per heavy atom. The van der Waals surface area contributed by atoms with Crippen LogP contribution in [0.3, 0.4) is 0 Å². The van der Waals surface area contributed by atoms with Gasteiger partial charge in [-0.1, -0.05) is 11.3 Å². The van der Waals surface area contributed by atoms with E-state index in [1.54, 1.807) is 35.2 Å². The number of hydrogen-bond donors (Lipinski definition) is 2. The summed E-state index contributed by atoms with van der Waals surface area (Å²) in [7, 11) is -2.91.